The highest BCUT2D eigenvalue weighted by Gasteiger charge is 2.31. The molecule has 0 aromatic heterocycles. The number of benzene rings is 2. The van der Waals surface area contributed by atoms with Crippen LogP contribution in [0.25, 0.3) is 0 Å². The topological polar surface area (TPSA) is 86.8 Å². The maximum Gasteiger partial charge on any atom is 0.244 e. The third-order valence-corrected chi connectivity index (χ3v) is 6.60. The lowest BCUT2D eigenvalue weighted by Crippen LogP contribution is -2.52. The van der Waals surface area contributed by atoms with Crippen molar-refractivity contribution >= 4 is 62.3 Å². The molecule has 0 aliphatic rings. The molecule has 2 aromatic carbocycles. The lowest BCUT2D eigenvalue weighted by atomic mass is 10.1. The maximum absolute atomic E-state index is 13.4. The molecule has 2 rings (SSSR count). The Bertz CT molecular complexity index is 1130. The van der Waals surface area contributed by atoms with E-state index in [9.17, 15) is 18.0 Å². The minimum absolute atomic E-state index is 0.0536. The molecule has 0 saturated heterocycles. The Morgan fingerprint density at radius 2 is 1.64 bits per heavy atom. The summed E-state index contributed by atoms with van der Waals surface area (Å²) in [7, 11) is -3.89. The van der Waals surface area contributed by atoms with Crippen molar-refractivity contribution in [3.8, 4) is 0 Å². The molecule has 2 aromatic rings. The van der Waals surface area contributed by atoms with Crippen LogP contribution >= 0.6 is 34.8 Å². The van der Waals surface area contributed by atoms with E-state index in [1.807, 2.05) is 13.8 Å². The second-order valence-corrected chi connectivity index (χ2v) is 11.0. The third kappa shape index (κ3) is 7.78. The first-order valence-corrected chi connectivity index (χ1v) is 13.0. The van der Waals surface area contributed by atoms with Crippen LogP contribution in [0.3, 0.4) is 0 Å². The summed E-state index contributed by atoms with van der Waals surface area (Å²) < 4.78 is 26.0. The van der Waals surface area contributed by atoms with Gasteiger partial charge in [-0.05, 0) is 56.7 Å². The van der Waals surface area contributed by atoms with Crippen LogP contribution in [0.5, 0.6) is 0 Å². The molecule has 0 aliphatic carbocycles. The number of nitrogens with one attached hydrogen (secondary N) is 1. The average Bonchev–Trinajstić information content (AvgIpc) is 2.69. The molecule has 0 aliphatic heterocycles. The molecule has 1 unspecified atom stereocenters. The molecule has 1 N–H and O–H groups in total. The SMILES string of the molecule is CC(C)NC(=O)C(C)N(Cc1cccc(Cl)c1)C(=O)CN(c1ccc(Cl)cc1Cl)S(C)(=O)=O. The summed E-state index contributed by atoms with van der Waals surface area (Å²) in [6.45, 7) is 4.70. The maximum atomic E-state index is 13.4. The van der Waals surface area contributed by atoms with Crippen molar-refractivity contribution in [3.63, 3.8) is 0 Å². The largest absolute Gasteiger partial charge is 0.352 e. The Morgan fingerprint density at radius 3 is 2.18 bits per heavy atom. The summed E-state index contributed by atoms with van der Waals surface area (Å²) >= 11 is 18.2. The van der Waals surface area contributed by atoms with Crippen LogP contribution in [-0.4, -0.2) is 50.0 Å². The Morgan fingerprint density at radius 1 is 1.00 bits per heavy atom. The van der Waals surface area contributed by atoms with Crippen molar-refractivity contribution in [1.29, 1.82) is 0 Å². The highest BCUT2D eigenvalue weighted by molar-refractivity contribution is 7.92. The van der Waals surface area contributed by atoms with E-state index in [0.29, 0.717) is 15.6 Å². The van der Waals surface area contributed by atoms with E-state index in [1.165, 1.54) is 23.1 Å². The van der Waals surface area contributed by atoms with Gasteiger partial charge in [-0.25, -0.2) is 8.42 Å². The van der Waals surface area contributed by atoms with Gasteiger partial charge in [0.1, 0.15) is 12.6 Å². The Balaban J connectivity index is 2.42. The number of hydrogen-bond acceptors (Lipinski definition) is 4. The number of carbonyl (C=O) groups is 2. The first kappa shape index (κ1) is 27.2. The summed E-state index contributed by atoms with van der Waals surface area (Å²) in [4.78, 5) is 27.4. The summed E-state index contributed by atoms with van der Waals surface area (Å²) in [5.74, 6) is -0.950. The van der Waals surface area contributed by atoms with Gasteiger partial charge >= 0.3 is 0 Å². The number of nitrogens with zero attached hydrogens (tertiary/aromatic N) is 2. The number of rotatable bonds is 9. The lowest BCUT2D eigenvalue weighted by molar-refractivity contribution is -0.139. The fraction of sp³-hybridized carbons (Fsp3) is 0.364. The monoisotopic (exact) mass is 533 g/mol. The zero-order valence-electron chi connectivity index (χ0n) is 18.7. The molecule has 180 valence electrons. The van der Waals surface area contributed by atoms with Gasteiger partial charge in [-0.15, -0.1) is 0 Å². The molecule has 7 nitrogen and oxygen atoms in total. The van der Waals surface area contributed by atoms with E-state index in [1.54, 1.807) is 31.2 Å². The molecule has 2 amide bonds. The molecular weight excluding hydrogens is 509 g/mol. The lowest BCUT2D eigenvalue weighted by Gasteiger charge is -2.32. The molecule has 1 atom stereocenters. The Kier molecular flexibility index (Phi) is 9.43. The molecule has 0 spiro atoms. The fourth-order valence-corrected chi connectivity index (χ4v) is 4.73. The van der Waals surface area contributed by atoms with Crippen LogP contribution in [0.15, 0.2) is 42.5 Å². The predicted molar refractivity (Wildman–Crippen MR) is 133 cm³/mol. The minimum Gasteiger partial charge on any atom is -0.352 e. The van der Waals surface area contributed by atoms with E-state index in [2.05, 4.69) is 5.32 Å². The van der Waals surface area contributed by atoms with E-state index >= 15 is 0 Å². The van der Waals surface area contributed by atoms with E-state index in [-0.39, 0.29) is 29.2 Å². The zero-order chi connectivity index (χ0) is 24.9. The van der Waals surface area contributed by atoms with Crippen molar-refractivity contribution in [2.45, 2.75) is 39.4 Å². The van der Waals surface area contributed by atoms with Gasteiger partial charge in [-0.3, -0.25) is 13.9 Å². The fourth-order valence-electron chi connectivity index (χ4n) is 3.10. The highest BCUT2D eigenvalue weighted by Crippen LogP contribution is 2.30. The first-order chi connectivity index (χ1) is 15.3. The van der Waals surface area contributed by atoms with Crippen molar-refractivity contribution < 1.29 is 18.0 Å². The summed E-state index contributed by atoms with van der Waals surface area (Å²) in [5, 5.41) is 3.66. The standard InChI is InChI=1S/C22H26Cl3N3O4S/c1-14(2)26-22(30)15(3)27(12-16-6-5-7-17(23)10-16)21(29)13-28(33(4,31)32)20-9-8-18(24)11-19(20)25/h5-11,14-15H,12-13H2,1-4H3,(H,26,30). The number of halogens is 3. The summed E-state index contributed by atoms with van der Waals surface area (Å²) in [5.41, 5.74) is 0.800. The van der Waals surface area contributed by atoms with Gasteiger partial charge in [0.2, 0.25) is 21.8 Å². The molecule has 33 heavy (non-hydrogen) atoms. The van der Waals surface area contributed by atoms with Crippen molar-refractivity contribution in [2.24, 2.45) is 0 Å². The molecule has 11 heteroatoms. The number of anilines is 1. The normalized spacial score (nSPS) is 12.4. The van der Waals surface area contributed by atoms with Crippen LogP contribution in [0.2, 0.25) is 15.1 Å². The zero-order valence-corrected chi connectivity index (χ0v) is 21.8. The van der Waals surface area contributed by atoms with E-state index in [4.69, 9.17) is 34.8 Å². The molecule has 0 bridgehead atoms. The molecular formula is C22H26Cl3N3O4S. The molecule has 0 saturated carbocycles. The first-order valence-electron chi connectivity index (χ1n) is 10.1. The summed E-state index contributed by atoms with van der Waals surface area (Å²) in [6.07, 6.45) is 0.974. The highest BCUT2D eigenvalue weighted by atomic mass is 35.5. The van der Waals surface area contributed by atoms with Gasteiger partial charge in [-0.1, -0.05) is 46.9 Å². The number of carbonyl (C=O) groups excluding carboxylic acids is 2. The van der Waals surface area contributed by atoms with E-state index in [0.717, 1.165) is 10.6 Å². The second kappa shape index (κ2) is 11.4. The van der Waals surface area contributed by atoms with Crippen LogP contribution in [-0.2, 0) is 26.2 Å². The summed E-state index contributed by atoms with van der Waals surface area (Å²) in [6, 6.07) is 10.2. The van der Waals surface area contributed by atoms with Gasteiger partial charge < -0.3 is 10.2 Å². The van der Waals surface area contributed by atoms with Crippen molar-refractivity contribution in [2.75, 3.05) is 17.1 Å². The molecule has 0 fully saturated rings. The van der Waals surface area contributed by atoms with Crippen molar-refractivity contribution in [3.05, 3.63) is 63.1 Å². The minimum atomic E-state index is -3.89. The Labute approximate surface area is 209 Å². The average molecular weight is 535 g/mol. The molecule has 0 heterocycles. The third-order valence-electron chi connectivity index (χ3n) is 4.70. The predicted octanol–water partition coefficient (Wildman–Crippen LogP) is 4.35. The van der Waals surface area contributed by atoms with Gasteiger partial charge in [0, 0.05) is 22.6 Å². The molecule has 0 radical (unpaired) electrons. The Hall–Kier alpha value is -2.00. The van der Waals surface area contributed by atoms with Crippen LogP contribution in [0.1, 0.15) is 26.3 Å². The van der Waals surface area contributed by atoms with Gasteiger partial charge in [0.25, 0.3) is 0 Å². The van der Waals surface area contributed by atoms with E-state index < -0.39 is 28.5 Å². The number of hydrogen-bond donors (Lipinski definition) is 1. The quantitative estimate of drug-likeness (QED) is 0.518. The number of sulfonamides is 1. The van der Waals surface area contributed by atoms with Crippen molar-refractivity contribution in [1.82, 2.24) is 10.2 Å². The van der Waals surface area contributed by atoms with Gasteiger partial charge in [0.05, 0.1) is 17.0 Å². The van der Waals surface area contributed by atoms with Crippen LogP contribution in [0, 0.1) is 0 Å². The van der Waals surface area contributed by atoms with Crippen LogP contribution in [0.4, 0.5) is 5.69 Å². The smallest absolute Gasteiger partial charge is 0.244 e. The van der Waals surface area contributed by atoms with Gasteiger partial charge in [-0.2, -0.15) is 0 Å². The van der Waals surface area contributed by atoms with Gasteiger partial charge in [0.15, 0.2) is 0 Å². The number of amides is 2. The second-order valence-electron chi connectivity index (χ2n) is 7.86. The van der Waals surface area contributed by atoms with Crippen LogP contribution < -0.4 is 9.62 Å².